The standard InChI is InChI=1S/C22H26Cl2N4O3/c1-13(2)9-18(26-21(30)16-6-5-15(23)11-17(16)24)22(31)28(4)12-20(29)27-19-10-14(3)7-8-25-19/h5-8,10-11,13,18H,9,12H2,1-4H3,(H,26,30)(H,25,27,29). The number of aromatic nitrogens is 1. The molecule has 0 spiro atoms. The summed E-state index contributed by atoms with van der Waals surface area (Å²) in [6.45, 7) is 5.59. The SMILES string of the molecule is Cc1ccnc(NC(=O)CN(C)C(=O)C(CC(C)C)NC(=O)c2ccc(Cl)cc2Cl)c1. The Labute approximate surface area is 192 Å². The van der Waals surface area contributed by atoms with Crippen molar-refractivity contribution >= 4 is 46.7 Å². The fraction of sp³-hybridized carbons (Fsp3) is 0.364. The fourth-order valence-electron chi connectivity index (χ4n) is 2.95. The Morgan fingerprint density at radius 3 is 2.45 bits per heavy atom. The van der Waals surface area contributed by atoms with Gasteiger partial charge in [-0.1, -0.05) is 37.0 Å². The van der Waals surface area contributed by atoms with Crippen molar-refractivity contribution in [3.63, 3.8) is 0 Å². The largest absolute Gasteiger partial charge is 0.340 e. The minimum atomic E-state index is -0.811. The van der Waals surface area contributed by atoms with E-state index in [9.17, 15) is 14.4 Å². The van der Waals surface area contributed by atoms with E-state index in [0.29, 0.717) is 17.3 Å². The van der Waals surface area contributed by atoms with Crippen LogP contribution in [0.3, 0.4) is 0 Å². The highest BCUT2D eigenvalue weighted by Crippen LogP contribution is 2.21. The minimum Gasteiger partial charge on any atom is -0.340 e. The van der Waals surface area contributed by atoms with E-state index in [0.717, 1.165) is 5.56 Å². The van der Waals surface area contributed by atoms with Gasteiger partial charge >= 0.3 is 0 Å². The number of hydrogen-bond donors (Lipinski definition) is 2. The first-order valence-corrected chi connectivity index (χ1v) is 10.6. The van der Waals surface area contributed by atoms with E-state index in [4.69, 9.17) is 23.2 Å². The van der Waals surface area contributed by atoms with Crippen molar-refractivity contribution in [1.82, 2.24) is 15.2 Å². The Bertz CT molecular complexity index is 966. The van der Waals surface area contributed by atoms with Crippen molar-refractivity contribution in [2.75, 3.05) is 18.9 Å². The fourth-order valence-corrected chi connectivity index (χ4v) is 3.44. The molecule has 2 N–H and O–H groups in total. The van der Waals surface area contributed by atoms with E-state index in [1.54, 1.807) is 18.3 Å². The molecule has 1 atom stereocenters. The van der Waals surface area contributed by atoms with Crippen molar-refractivity contribution in [1.29, 1.82) is 0 Å². The number of amides is 3. The summed E-state index contributed by atoms with van der Waals surface area (Å²) < 4.78 is 0. The van der Waals surface area contributed by atoms with E-state index >= 15 is 0 Å². The average molecular weight is 465 g/mol. The van der Waals surface area contributed by atoms with E-state index in [1.807, 2.05) is 26.8 Å². The summed E-state index contributed by atoms with van der Waals surface area (Å²) in [5.74, 6) is -0.699. The quantitative estimate of drug-likeness (QED) is 0.618. The van der Waals surface area contributed by atoms with Gasteiger partial charge in [0.05, 0.1) is 17.1 Å². The van der Waals surface area contributed by atoms with Crippen LogP contribution in [0.1, 0.15) is 36.2 Å². The van der Waals surface area contributed by atoms with Gasteiger partial charge < -0.3 is 15.5 Å². The Kier molecular flexibility index (Phi) is 8.83. The van der Waals surface area contributed by atoms with Crippen LogP contribution in [0.25, 0.3) is 0 Å². The topological polar surface area (TPSA) is 91.4 Å². The normalized spacial score (nSPS) is 11.7. The summed E-state index contributed by atoms with van der Waals surface area (Å²) in [6.07, 6.45) is 2.00. The second-order valence-corrected chi connectivity index (χ2v) is 8.58. The lowest BCUT2D eigenvalue weighted by Crippen LogP contribution is -2.49. The number of carbonyl (C=O) groups is 3. The molecule has 1 aromatic heterocycles. The monoisotopic (exact) mass is 464 g/mol. The molecule has 7 nitrogen and oxygen atoms in total. The van der Waals surface area contributed by atoms with Crippen LogP contribution in [0, 0.1) is 12.8 Å². The maximum absolute atomic E-state index is 13.0. The molecule has 3 amide bonds. The summed E-state index contributed by atoms with van der Waals surface area (Å²) >= 11 is 12.0. The number of carbonyl (C=O) groups excluding carboxylic acids is 3. The van der Waals surface area contributed by atoms with Crippen LogP contribution in [0.4, 0.5) is 5.82 Å². The summed E-state index contributed by atoms with van der Waals surface area (Å²) in [6, 6.07) is 7.26. The van der Waals surface area contributed by atoms with Crippen LogP contribution in [0.15, 0.2) is 36.5 Å². The summed E-state index contributed by atoms with van der Waals surface area (Å²) in [5, 5.41) is 6.00. The molecule has 166 valence electrons. The minimum absolute atomic E-state index is 0.133. The third kappa shape index (κ3) is 7.52. The lowest BCUT2D eigenvalue weighted by Gasteiger charge is -2.25. The van der Waals surface area contributed by atoms with Crippen LogP contribution in [0.2, 0.25) is 10.0 Å². The highest BCUT2D eigenvalue weighted by molar-refractivity contribution is 6.36. The van der Waals surface area contributed by atoms with Gasteiger partial charge in [-0.2, -0.15) is 0 Å². The number of pyridine rings is 1. The van der Waals surface area contributed by atoms with E-state index in [-0.39, 0.29) is 34.9 Å². The number of halogens is 2. The highest BCUT2D eigenvalue weighted by Gasteiger charge is 2.27. The van der Waals surface area contributed by atoms with Gasteiger partial charge in [0, 0.05) is 18.3 Å². The number of benzene rings is 1. The molecule has 2 aromatic rings. The predicted octanol–water partition coefficient (Wildman–Crippen LogP) is 3.94. The number of anilines is 1. The third-order valence-electron chi connectivity index (χ3n) is 4.43. The predicted molar refractivity (Wildman–Crippen MR) is 122 cm³/mol. The van der Waals surface area contributed by atoms with Crippen LogP contribution in [-0.2, 0) is 9.59 Å². The molecular weight excluding hydrogens is 439 g/mol. The van der Waals surface area contributed by atoms with Crippen LogP contribution in [-0.4, -0.2) is 47.2 Å². The molecule has 0 fully saturated rings. The van der Waals surface area contributed by atoms with Crippen molar-refractivity contribution < 1.29 is 14.4 Å². The second kappa shape index (κ2) is 11.1. The lowest BCUT2D eigenvalue weighted by atomic mass is 10.0. The van der Waals surface area contributed by atoms with Gasteiger partial charge in [-0.05, 0) is 55.2 Å². The first-order chi connectivity index (χ1) is 14.6. The van der Waals surface area contributed by atoms with Gasteiger partial charge in [-0.25, -0.2) is 4.98 Å². The highest BCUT2D eigenvalue weighted by atomic mass is 35.5. The summed E-state index contributed by atoms with van der Waals surface area (Å²) in [7, 11) is 1.51. The molecule has 1 unspecified atom stereocenters. The van der Waals surface area contributed by atoms with E-state index in [1.165, 1.54) is 24.1 Å². The molecule has 1 heterocycles. The van der Waals surface area contributed by atoms with Crippen molar-refractivity contribution in [3.8, 4) is 0 Å². The van der Waals surface area contributed by atoms with E-state index in [2.05, 4.69) is 15.6 Å². The van der Waals surface area contributed by atoms with Crippen LogP contribution >= 0.6 is 23.2 Å². The number of aryl methyl sites for hydroxylation is 1. The molecule has 2 rings (SSSR count). The van der Waals surface area contributed by atoms with Gasteiger partial charge in [-0.15, -0.1) is 0 Å². The Balaban J connectivity index is 2.06. The molecular formula is C22H26Cl2N4O3. The number of likely N-dealkylation sites (N-methyl/N-ethyl adjacent to an activating group) is 1. The lowest BCUT2D eigenvalue weighted by molar-refractivity contribution is -0.135. The Morgan fingerprint density at radius 2 is 1.84 bits per heavy atom. The number of hydrogen-bond acceptors (Lipinski definition) is 4. The van der Waals surface area contributed by atoms with Crippen LogP contribution in [0.5, 0.6) is 0 Å². The first-order valence-electron chi connectivity index (χ1n) is 9.80. The third-order valence-corrected chi connectivity index (χ3v) is 4.97. The first kappa shape index (κ1) is 24.6. The van der Waals surface area contributed by atoms with Gasteiger partial charge in [0.2, 0.25) is 11.8 Å². The molecule has 0 radical (unpaired) electrons. The van der Waals surface area contributed by atoms with Crippen molar-refractivity contribution in [2.45, 2.75) is 33.2 Å². The second-order valence-electron chi connectivity index (χ2n) is 7.74. The zero-order valence-electron chi connectivity index (χ0n) is 17.9. The van der Waals surface area contributed by atoms with Gasteiger partial charge in [0.25, 0.3) is 5.91 Å². The molecule has 31 heavy (non-hydrogen) atoms. The smallest absolute Gasteiger partial charge is 0.253 e. The van der Waals surface area contributed by atoms with Crippen molar-refractivity contribution in [2.24, 2.45) is 5.92 Å². The van der Waals surface area contributed by atoms with Gasteiger partial charge in [0.1, 0.15) is 11.9 Å². The number of rotatable bonds is 8. The maximum Gasteiger partial charge on any atom is 0.253 e. The Morgan fingerprint density at radius 1 is 1.13 bits per heavy atom. The number of nitrogens with one attached hydrogen (secondary N) is 2. The van der Waals surface area contributed by atoms with Crippen molar-refractivity contribution in [3.05, 3.63) is 57.7 Å². The molecule has 0 saturated carbocycles. The van der Waals surface area contributed by atoms with E-state index < -0.39 is 11.9 Å². The molecule has 0 bridgehead atoms. The molecule has 0 saturated heterocycles. The molecule has 0 aliphatic rings. The van der Waals surface area contributed by atoms with Gasteiger partial charge in [0.15, 0.2) is 0 Å². The number of nitrogens with zero attached hydrogens (tertiary/aromatic N) is 2. The molecule has 0 aliphatic carbocycles. The Hall–Kier alpha value is -2.64. The van der Waals surface area contributed by atoms with Crippen LogP contribution < -0.4 is 10.6 Å². The average Bonchev–Trinajstić information content (AvgIpc) is 2.66. The van der Waals surface area contributed by atoms with Gasteiger partial charge in [-0.3, -0.25) is 14.4 Å². The maximum atomic E-state index is 13.0. The molecule has 0 aliphatic heterocycles. The summed E-state index contributed by atoms with van der Waals surface area (Å²) in [4.78, 5) is 43.4. The molecule has 9 heteroatoms. The molecule has 1 aromatic carbocycles. The zero-order valence-corrected chi connectivity index (χ0v) is 19.4. The summed E-state index contributed by atoms with van der Waals surface area (Å²) in [5.41, 5.74) is 1.17. The zero-order chi connectivity index (χ0) is 23.1.